The zero-order valence-corrected chi connectivity index (χ0v) is 27.5. The van der Waals surface area contributed by atoms with Crippen LogP contribution < -0.4 is 5.32 Å². The van der Waals surface area contributed by atoms with Gasteiger partial charge in [0.25, 0.3) is 5.91 Å². The van der Waals surface area contributed by atoms with Gasteiger partial charge in [-0.2, -0.15) is 5.26 Å². The van der Waals surface area contributed by atoms with Crippen molar-refractivity contribution in [3.05, 3.63) is 185 Å². The molecule has 0 radical (unpaired) electrons. The van der Waals surface area contributed by atoms with Crippen LogP contribution in [0.25, 0.3) is 0 Å². The van der Waals surface area contributed by atoms with Gasteiger partial charge in [0, 0.05) is 42.8 Å². The van der Waals surface area contributed by atoms with Gasteiger partial charge in [-0.3, -0.25) is 14.4 Å². The third-order valence-electron chi connectivity index (χ3n) is 9.01. The number of benzene rings is 4. The lowest BCUT2D eigenvalue weighted by Gasteiger charge is -2.33. The summed E-state index contributed by atoms with van der Waals surface area (Å²) >= 11 is 0. The summed E-state index contributed by atoms with van der Waals surface area (Å²) in [6, 6.07) is 33.4. The van der Waals surface area contributed by atoms with Crippen LogP contribution >= 0.6 is 0 Å². The Balaban J connectivity index is 1.39. The van der Waals surface area contributed by atoms with Crippen molar-refractivity contribution in [1.82, 2.24) is 20.2 Å². The second-order valence-electron chi connectivity index (χ2n) is 12.2. The lowest BCUT2D eigenvalue weighted by molar-refractivity contribution is -0.126. The Bertz CT molecular complexity index is 2030. The molecule has 0 aliphatic heterocycles. The van der Waals surface area contributed by atoms with E-state index in [9.17, 15) is 19.6 Å². The molecular formula is C42H37N5O3. The molecule has 8 nitrogen and oxygen atoms in total. The molecule has 2 amide bonds. The van der Waals surface area contributed by atoms with Crippen LogP contribution in [0.3, 0.4) is 0 Å². The summed E-state index contributed by atoms with van der Waals surface area (Å²) in [7, 11) is 0. The van der Waals surface area contributed by atoms with Crippen LogP contribution in [0.1, 0.15) is 67.0 Å². The monoisotopic (exact) mass is 659 g/mol. The standard InChI is InChI=1S/C42H37N5O3/c43-26-30-13-12-20-34(25-30)39(41(49)45-28-38(31-14-4-1-5-15-31)32-16-6-2-7-17-32)47(24-23-35-27-44-29-46-35)42(50)37-22-11-10-21-36(37)40(48)33-18-8-3-9-19-33/h1-16,18-22,25,27,29,32,38-39H,17,23-24,28H2,(H,44,46)(H,45,49). The zero-order valence-electron chi connectivity index (χ0n) is 27.5. The van der Waals surface area contributed by atoms with Crippen LogP contribution in [-0.4, -0.2) is 45.6 Å². The molecule has 0 saturated carbocycles. The van der Waals surface area contributed by atoms with E-state index >= 15 is 0 Å². The minimum absolute atomic E-state index is 0.0233. The molecule has 0 spiro atoms. The summed E-state index contributed by atoms with van der Waals surface area (Å²) in [5, 5.41) is 13.0. The van der Waals surface area contributed by atoms with Crippen LogP contribution in [0.5, 0.6) is 0 Å². The van der Waals surface area contributed by atoms with E-state index in [1.54, 1.807) is 85.3 Å². The molecule has 0 bridgehead atoms. The number of nitrogens with zero attached hydrogens (tertiary/aromatic N) is 3. The van der Waals surface area contributed by atoms with E-state index < -0.39 is 17.9 Å². The highest BCUT2D eigenvalue weighted by atomic mass is 16.2. The smallest absolute Gasteiger partial charge is 0.255 e. The first kappa shape index (κ1) is 33.6. The van der Waals surface area contributed by atoms with Gasteiger partial charge < -0.3 is 15.2 Å². The van der Waals surface area contributed by atoms with Crippen molar-refractivity contribution in [2.45, 2.75) is 24.8 Å². The Morgan fingerprint density at radius 3 is 2.30 bits per heavy atom. The molecule has 5 aromatic rings. The number of H-pyrrole nitrogens is 1. The maximum absolute atomic E-state index is 14.8. The average molecular weight is 660 g/mol. The number of ketones is 1. The van der Waals surface area contributed by atoms with Gasteiger partial charge in [0.2, 0.25) is 5.91 Å². The summed E-state index contributed by atoms with van der Waals surface area (Å²) < 4.78 is 0. The van der Waals surface area contributed by atoms with Gasteiger partial charge in [0.1, 0.15) is 6.04 Å². The van der Waals surface area contributed by atoms with Crippen LogP contribution in [0.2, 0.25) is 0 Å². The summed E-state index contributed by atoms with van der Waals surface area (Å²) in [6.07, 6.45) is 12.8. The number of amides is 2. The van der Waals surface area contributed by atoms with Gasteiger partial charge in [0.15, 0.2) is 5.78 Å². The lowest BCUT2D eigenvalue weighted by atomic mass is 9.82. The number of nitrogens with one attached hydrogen (secondary N) is 2. The molecule has 6 rings (SSSR count). The number of carbonyl (C=O) groups excluding carboxylic acids is 3. The van der Waals surface area contributed by atoms with Crippen LogP contribution in [0.4, 0.5) is 0 Å². The second-order valence-corrected chi connectivity index (χ2v) is 12.2. The molecule has 0 saturated heterocycles. The highest BCUT2D eigenvalue weighted by Crippen LogP contribution is 2.31. The molecule has 2 N–H and O–H groups in total. The maximum atomic E-state index is 14.8. The van der Waals surface area contributed by atoms with Crippen molar-refractivity contribution in [3.8, 4) is 6.07 Å². The molecule has 1 aliphatic carbocycles. The van der Waals surface area contributed by atoms with E-state index in [4.69, 9.17) is 0 Å². The molecular weight excluding hydrogens is 622 g/mol. The Labute approximate surface area is 291 Å². The minimum atomic E-state index is -1.12. The molecule has 248 valence electrons. The van der Waals surface area contributed by atoms with Crippen molar-refractivity contribution in [3.63, 3.8) is 0 Å². The Kier molecular flexibility index (Phi) is 10.9. The van der Waals surface area contributed by atoms with E-state index in [2.05, 4.69) is 45.6 Å². The van der Waals surface area contributed by atoms with Crippen LogP contribution in [0.15, 0.2) is 146 Å². The normalized spacial score (nSPS) is 14.7. The third kappa shape index (κ3) is 7.86. The number of imidazole rings is 1. The molecule has 4 aromatic carbocycles. The fourth-order valence-electron chi connectivity index (χ4n) is 6.45. The molecule has 3 atom stereocenters. The fourth-order valence-corrected chi connectivity index (χ4v) is 6.45. The van der Waals surface area contributed by atoms with Gasteiger partial charge >= 0.3 is 0 Å². The quantitative estimate of drug-likeness (QED) is 0.132. The summed E-state index contributed by atoms with van der Waals surface area (Å²) in [4.78, 5) is 52.0. The number of aromatic nitrogens is 2. The predicted octanol–water partition coefficient (Wildman–Crippen LogP) is 6.97. The van der Waals surface area contributed by atoms with E-state index in [-0.39, 0.29) is 35.3 Å². The van der Waals surface area contributed by atoms with Crippen molar-refractivity contribution in [2.24, 2.45) is 5.92 Å². The number of rotatable bonds is 13. The molecule has 1 aliphatic rings. The first-order valence-electron chi connectivity index (χ1n) is 16.7. The van der Waals surface area contributed by atoms with Gasteiger partial charge in [-0.15, -0.1) is 0 Å². The maximum Gasteiger partial charge on any atom is 0.255 e. The van der Waals surface area contributed by atoms with Crippen molar-refractivity contribution >= 4 is 17.6 Å². The van der Waals surface area contributed by atoms with Crippen molar-refractivity contribution in [2.75, 3.05) is 13.1 Å². The number of aromatic amines is 1. The minimum Gasteiger partial charge on any atom is -0.353 e. The SMILES string of the molecule is N#Cc1cccc(C(C(=O)NCC(c2ccccc2)C2C=CC=CC2)N(CCc2c[nH]cn2)C(=O)c2ccccc2C(=O)c2ccccc2)c1. The fraction of sp³-hybridized carbons (Fsp3) is 0.167. The number of hydrogen-bond acceptors (Lipinski definition) is 5. The van der Waals surface area contributed by atoms with Crippen LogP contribution in [-0.2, 0) is 11.2 Å². The second kappa shape index (κ2) is 16.2. The first-order valence-corrected chi connectivity index (χ1v) is 16.7. The average Bonchev–Trinajstić information content (AvgIpc) is 3.71. The number of nitriles is 1. The molecule has 8 heteroatoms. The molecule has 1 heterocycles. The van der Waals surface area contributed by atoms with E-state index in [0.717, 1.165) is 12.0 Å². The molecule has 0 fully saturated rings. The third-order valence-corrected chi connectivity index (χ3v) is 9.01. The molecule has 3 unspecified atom stereocenters. The zero-order chi connectivity index (χ0) is 34.7. The topological polar surface area (TPSA) is 119 Å². The van der Waals surface area contributed by atoms with Crippen LogP contribution in [0, 0.1) is 17.2 Å². The van der Waals surface area contributed by atoms with E-state index in [0.29, 0.717) is 35.3 Å². The van der Waals surface area contributed by atoms with E-state index in [1.807, 2.05) is 36.4 Å². The number of hydrogen-bond donors (Lipinski definition) is 2. The van der Waals surface area contributed by atoms with Gasteiger partial charge in [-0.25, -0.2) is 4.98 Å². The Hall–Kier alpha value is -6.33. The number of carbonyl (C=O) groups is 3. The van der Waals surface area contributed by atoms with Crippen molar-refractivity contribution in [1.29, 1.82) is 5.26 Å². The highest BCUT2D eigenvalue weighted by Gasteiger charge is 2.35. The lowest BCUT2D eigenvalue weighted by Crippen LogP contribution is -2.46. The predicted molar refractivity (Wildman–Crippen MR) is 192 cm³/mol. The highest BCUT2D eigenvalue weighted by molar-refractivity contribution is 6.15. The Morgan fingerprint density at radius 1 is 0.880 bits per heavy atom. The Morgan fingerprint density at radius 2 is 1.60 bits per heavy atom. The van der Waals surface area contributed by atoms with Gasteiger partial charge in [-0.05, 0) is 41.7 Å². The largest absolute Gasteiger partial charge is 0.353 e. The van der Waals surface area contributed by atoms with Crippen molar-refractivity contribution < 1.29 is 14.4 Å². The summed E-state index contributed by atoms with van der Waals surface area (Å²) in [5.74, 6) is -1.03. The summed E-state index contributed by atoms with van der Waals surface area (Å²) in [5.41, 5.74) is 3.52. The molecule has 1 aromatic heterocycles. The summed E-state index contributed by atoms with van der Waals surface area (Å²) in [6.45, 7) is 0.440. The van der Waals surface area contributed by atoms with E-state index in [1.165, 1.54) is 4.90 Å². The number of allylic oxidation sites excluding steroid dienone is 4. The van der Waals surface area contributed by atoms with Gasteiger partial charge in [-0.1, -0.05) is 115 Å². The molecule has 50 heavy (non-hydrogen) atoms. The first-order chi connectivity index (χ1) is 24.5. The van der Waals surface area contributed by atoms with Gasteiger partial charge in [0.05, 0.1) is 29.2 Å².